The zero-order chi connectivity index (χ0) is 28.8. The maximum Gasteiger partial charge on any atom is 0.405 e. The lowest BCUT2D eigenvalue weighted by Crippen LogP contribution is -2.49. The van der Waals surface area contributed by atoms with Gasteiger partial charge in [-0.2, -0.15) is 18.3 Å². The summed E-state index contributed by atoms with van der Waals surface area (Å²) in [6.45, 7) is 3.57. The number of alkyl halides is 3. The molecule has 2 aromatic rings. The Morgan fingerprint density at radius 1 is 1.08 bits per heavy atom. The highest BCUT2D eigenvalue weighted by molar-refractivity contribution is 6.00. The fourth-order valence-corrected chi connectivity index (χ4v) is 4.78. The first kappa shape index (κ1) is 30.1. The van der Waals surface area contributed by atoms with Crippen LogP contribution in [0.2, 0.25) is 0 Å². The molecule has 39 heavy (non-hydrogen) atoms. The molecule has 12 heteroatoms. The Labute approximate surface area is 224 Å². The van der Waals surface area contributed by atoms with E-state index in [0.717, 1.165) is 44.6 Å². The molecule has 3 N–H and O–H groups in total. The molecular formula is C27H35F4N5O3. The molecule has 1 aliphatic rings. The van der Waals surface area contributed by atoms with E-state index in [1.165, 1.54) is 36.9 Å². The molecule has 3 amide bonds. The van der Waals surface area contributed by atoms with Gasteiger partial charge in [-0.3, -0.25) is 19.1 Å². The van der Waals surface area contributed by atoms with Crippen molar-refractivity contribution in [3.05, 3.63) is 47.5 Å². The molecule has 0 bridgehead atoms. The third-order valence-electron chi connectivity index (χ3n) is 7.15. The van der Waals surface area contributed by atoms with Crippen LogP contribution in [0.15, 0.2) is 30.5 Å². The number of nitrogens with one attached hydrogen (secondary N) is 3. The summed E-state index contributed by atoms with van der Waals surface area (Å²) in [5, 5.41) is 11.3. The van der Waals surface area contributed by atoms with Gasteiger partial charge in [-0.25, -0.2) is 4.39 Å². The maximum atomic E-state index is 15.1. The first-order valence-electron chi connectivity index (χ1n) is 13.1. The molecule has 1 aromatic carbocycles. The fraction of sp³-hybridized carbons (Fsp3) is 0.556. The average Bonchev–Trinajstić information content (AvgIpc) is 3.20. The molecule has 0 radical (unpaired) electrons. The fourth-order valence-electron chi connectivity index (χ4n) is 4.78. The molecule has 3 rings (SSSR count). The predicted octanol–water partition coefficient (Wildman–Crippen LogP) is 4.71. The van der Waals surface area contributed by atoms with Crippen molar-refractivity contribution in [2.75, 3.05) is 11.9 Å². The highest BCUT2D eigenvalue weighted by Crippen LogP contribution is 2.29. The summed E-state index contributed by atoms with van der Waals surface area (Å²) in [7, 11) is 0. The van der Waals surface area contributed by atoms with Gasteiger partial charge in [0.25, 0.3) is 5.91 Å². The van der Waals surface area contributed by atoms with Crippen molar-refractivity contribution in [2.45, 2.75) is 83.5 Å². The second-order valence-corrected chi connectivity index (χ2v) is 10.3. The quantitative estimate of drug-likeness (QED) is 0.309. The minimum Gasteiger partial charge on any atom is -0.346 e. The van der Waals surface area contributed by atoms with Gasteiger partial charge in [-0.15, -0.1) is 0 Å². The third kappa shape index (κ3) is 7.79. The van der Waals surface area contributed by atoms with Crippen LogP contribution in [0.5, 0.6) is 0 Å². The first-order valence-corrected chi connectivity index (χ1v) is 13.1. The van der Waals surface area contributed by atoms with E-state index >= 15 is 4.39 Å². The number of aromatic nitrogens is 2. The van der Waals surface area contributed by atoms with Gasteiger partial charge in [0, 0.05) is 12.7 Å². The van der Waals surface area contributed by atoms with Crippen molar-refractivity contribution in [3.63, 3.8) is 0 Å². The molecule has 8 nitrogen and oxygen atoms in total. The average molecular weight is 554 g/mol. The van der Waals surface area contributed by atoms with Crippen LogP contribution < -0.4 is 16.0 Å². The number of carbonyl (C=O) groups is 3. The van der Waals surface area contributed by atoms with Crippen molar-refractivity contribution in [2.24, 2.45) is 5.92 Å². The number of nitrogens with zero attached hydrogens (tertiary/aromatic N) is 2. The van der Waals surface area contributed by atoms with Crippen molar-refractivity contribution >= 4 is 23.4 Å². The molecule has 0 spiro atoms. The Morgan fingerprint density at radius 3 is 2.33 bits per heavy atom. The van der Waals surface area contributed by atoms with Gasteiger partial charge < -0.3 is 16.0 Å². The number of rotatable bonds is 9. The monoisotopic (exact) mass is 553 g/mol. The van der Waals surface area contributed by atoms with Crippen LogP contribution in [0.25, 0.3) is 0 Å². The number of hydrogen-bond donors (Lipinski definition) is 3. The van der Waals surface area contributed by atoms with Crippen LogP contribution in [-0.2, 0) is 21.5 Å². The summed E-state index contributed by atoms with van der Waals surface area (Å²) < 4.78 is 54.2. The zero-order valence-corrected chi connectivity index (χ0v) is 22.3. The topological polar surface area (TPSA) is 105 Å². The molecule has 0 saturated heterocycles. The Morgan fingerprint density at radius 2 is 1.74 bits per heavy atom. The van der Waals surface area contributed by atoms with Gasteiger partial charge in [-0.05, 0) is 63.3 Å². The predicted molar refractivity (Wildman–Crippen MR) is 137 cm³/mol. The first-order chi connectivity index (χ1) is 18.3. The van der Waals surface area contributed by atoms with Crippen molar-refractivity contribution in [3.8, 4) is 0 Å². The molecule has 214 valence electrons. The number of amides is 3. The molecule has 1 atom stereocenters. The number of aryl methyl sites for hydroxylation is 1. The summed E-state index contributed by atoms with van der Waals surface area (Å²) in [5.74, 6) is -2.95. The minimum absolute atomic E-state index is 0.138. The smallest absolute Gasteiger partial charge is 0.346 e. The van der Waals surface area contributed by atoms with Gasteiger partial charge in [0.2, 0.25) is 11.8 Å². The Kier molecular flexibility index (Phi) is 9.73. The van der Waals surface area contributed by atoms with Crippen molar-refractivity contribution in [1.82, 2.24) is 20.4 Å². The molecule has 1 saturated carbocycles. The SMILES string of the molecule is CCn1nccc1C(=O)NC(C(=O)Nc1ccc(C(C)(C)C(=O)NCC(F)(F)F)cc1F)C1CCCCCC1. The second-order valence-electron chi connectivity index (χ2n) is 10.3. The highest BCUT2D eigenvalue weighted by Gasteiger charge is 2.35. The van der Waals surface area contributed by atoms with E-state index in [1.54, 1.807) is 6.07 Å². The summed E-state index contributed by atoms with van der Waals surface area (Å²) in [4.78, 5) is 38.8. The van der Waals surface area contributed by atoms with Gasteiger partial charge in [0.15, 0.2) is 0 Å². The Balaban J connectivity index is 1.79. The van der Waals surface area contributed by atoms with E-state index in [0.29, 0.717) is 12.2 Å². The number of halogens is 4. The molecule has 0 aliphatic heterocycles. The van der Waals surface area contributed by atoms with Crippen LogP contribution in [0.1, 0.15) is 75.3 Å². The molecule has 1 unspecified atom stereocenters. The summed E-state index contributed by atoms with van der Waals surface area (Å²) in [6, 6.07) is 4.30. The summed E-state index contributed by atoms with van der Waals surface area (Å²) >= 11 is 0. The van der Waals surface area contributed by atoms with Gasteiger partial charge >= 0.3 is 6.18 Å². The van der Waals surface area contributed by atoms with Crippen LogP contribution in [-0.4, -0.2) is 46.3 Å². The Bertz CT molecular complexity index is 1170. The number of anilines is 1. The van der Waals surface area contributed by atoms with Crippen LogP contribution >= 0.6 is 0 Å². The molecule has 1 fully saturated rings. The molecule has 1 heterocycles. The maximum absolute atomic E-state index is 15.1. The van der Waals surface area contributed by atoms with Gasteiger partial charge in [0.05, 0.1) is 11.1 Å². The lowest BCUT2D eigenvalue weighted by Gasteiger charge is -2.27. The molecule has 1 aliphatic carbocycles. The van der Waals surface area contributed by atoms with Crippen molar-refractivity contribution < 1.29 is 31.9 Å². The minimum atomic E-state index is -4.58. The number of hydrogen-bond acceptors (Lipinski definition) is 4. The van der Waals surface area contributed by atoms with E-state index in [9.17, 15) is 27.6 Å². The van der Waals surface area contributed by atoms with Crippen molar-refractivity contribution in [1.29, 1.82) is 0 Å². The Hall–Kier alpha value is -3.44. The summed E-state index contributed by atoms with van der Waals surface area (Å²) in [5.41, 5.74) is -1.18. The standard InChI is InChI=1S/C27H35F4N5O3/c1-4-36-21(13-14-33-36)23(37)35-22(17-9-7-5-6-8-10-17)24(38)34-20-12-11-18(15-19(20)28)26(2,3)25(39)32-16-27(29,30)31/h11-15,17,22H,4-10,16H2,1-3H3,(H,32,39)(H,34,38)(H,35,37). The van der Waals surface area contributed by atoms with Gasteiger partial charge in [0.1, 0.15) is 24.1 Å². The van der Waals surface area contributed by atoms with E-state index in [1.807, 2.05) is 12.2 Å². The molecule has 1 aromatic heterocycles. The van der Waals surface area contributed by atoms with E-state index in [4.69, 9.17) is 0 Å². The third-order valence-corrected chi connectivity index (χ3v) is 7.15. The van der Waals surface area contributed by atoms with Crippen LogP contribution in [0, 0.1) is 11.7 Å². The van der Waals surface area contributed by atoms with E-state index < -0.39 is 47.7 Å². The normalized spacial score (nSPS) is 15.8. The lowest BCUT2D eigenvalue weighted by atomic mass is 9.83. The van der Waals surface area contributed by atoms with Crippen LogP contribution in [0.3, 0.4) is 0 Å². The molecular weight excluding hydrogens is 518 g/mol. The zero-order valence-electron chi connectivity index (χ0n) is 22.3. The van der Waals surface area contributed by atoms with Gasteiger partial charge in [-0.1, -0.05) is 31.7 Å². The number of benzene rings is 1. The number of carbonyl (C=O) groups excluding carboxylic acids is 3. The summed E-state index contributed by atoms with van der Waals surface area (Å²) in [6.07, 6.45) is 2.26. The van der Waals surface area contributed by atoms with E-state index in [2.05, 4.69) is 15.7 Å². The largest absolute Gasteiger partial charge is 0.405 e. The van der Waals surface area contributed by atoms with E-state index in [-0.39, 0.29) is 17.2 Å². The second kappa shape index (κ2) is 12.6. The highest BCUT2D eigenvalue weighted by atomic mass is 19.4. The van der Waals surface area contributed by atoms with Crippen LogP contribution in [0.4, 0.5) is 23.2 Å². The lowest BCUT2D eigenvalue weighted by molar-refractivity contribution is -0.141.